The molecule has 0 aromatic carbocycles. The zero-order chi connectivity index (χ0) is 16.3. The number of carbonyl (C=O) groups is 1. The molecule has 0 bridgehead atoms. The molecule has 3 heterocycles. The maximum Gasteiger partial charge on any atom is 0.274 e. The summed E-state index contributed by atoms with van der Waals surface area (Å²) in [6.07, 6.45) is 7.79. The SMILES string of the molecule is Cc1cnc(C(=O)N2CCC3(CC2)CC(CCO)CCO3)cn1. The number of aryl methyl sites for hydroxylation is 1. The Morgan fingerprint density at radius 3 is 2.83 bits per heavy atom. The minimum absolute atomic E-state index is 0.0462. The molecule has 23 heavy (non-hydrogen) atoms. The number of nitrogens with zero attached hydrogens (tertiary/aromatic N) is 3. The molecular weight excluding hydrogens is 294 g/mol. The summed E-state index contributed by atoms with van der Waals surface area (Å²) in [4.78, 5) is 22.7. The Kier molecular flexibility index (Phi) is 4.92. The van der Waals surface area contributed by atoms with Gasteiger partial charge in [0.05, 0.1) is 17.5 Å². The minimum atomic E-state index is -0.103. The fourth-order valence-electron chi connectivity index (χ4n) is 3.69. The lowest BCUT2D eigenvalue weighted by atomic mass is 9.78. The van der Waals surface area contributed by atoms with Crippen molar-refractivity contribution >= 4 is 5.91 Å². The first kappa shape index (κ1) is 16.3. The Labute approximate surface area is 136 Å². The number of aliphatic hydroxyl groups is 1. The summed E-state index contributed by atoms with van der Waals surface area (Å²) in [7, 11) is 0. The van der Waals surface area contributed by atoms with E-state index in [4.69, 9.17) is 9.84 Å². The van der Waals surface area contributed by atoms with Gasteiger partial charge in [-0.3, -0.25) is 9.78 Å². The van der Waals surface area contributed by atoms with E-state index in [1.165, 1.54) is 0 Å². The number of aromatic nitrogens is 2. The zero-order valence-corrected chi connectivity index (χ0v) is 13.7. The van der Waals surface area contributed by atoms with Gasteiger partial charge in [0.25, 0.3) is 5.91 Å². The molecule has 6 heteroatoms. The van der Waals surface area contributed by atoms with E-state index in [0.29, 0.717) is 24.7 Å². The third-order valence-electron chi connectivity index (χ3n) is 5.09. The lowest BCUT2D eigenvalue weighted by Gasteiger charge is -2.46. The van der Waals surface area contributed by atoms with Crippen molar-refractivity contribution < 1.29 is 14.6 Å². The molecule has 1 spiro atoms. The monoisotopic (exact) mass is 319 g/mol. The topological polar surface area (TPSA) is 75.6 Å². The van der Waals surface area contributed by atoms with E-state index in [2.05, 4.69) is 9.97 Å². The highest BCUT2D eigenvalue weighted by atomic mass is 16.5. The van der Waals surface area contributed by atoms with Crippen LogP contribution in [0, 0.1) is 12.8 Å². The molecule has 1 amide bonds. The Morgan fingerprint density at radius 2 is 2.17 bits per heavy atom. The van der Waals surface area contributed by atoms with Gasteiger partial charge in [-0.25, -0.2) is 4.98 Å². The summed E-state index contributed by atoms with van der Waals surface area (Å²) in [6.45, 7) is 4.26. The molecule has 1 N–H and O–H groups in total. The lowest BCUT2D eigenvalue weighted by molar-refractivity contribution is -0.125. The summed E-state index contributed by atoms with van der Waals surface area (Å²) in [5.74, 6) is 0.494. The van der Waals surface area contributed by atoms with Gasteiger partial charge in [0, 0.05) is 32.5 Å². The molecule has 1 unspecified atom stereocenters. The molecule has 2 aliphatic heterocycles. The van der Waals surface area contributed by atoms with Crippen LogP contribution in [0.2, 0.25) is 0 Å². The van der Waals surface area contributed by atoms with Crippen LogP contribution in [0.25, 0.3) is 0 Å². The van der Waals surface area contributed by atoms with E-state index >= 15 is 0 Å². The van der Waals surface area contributed by atoms with E-state index in [-0.39, 0.29) is 18.1 Å². The zero-order valence-electron chi connectivity index (χ0n) is 13.7. The van der Waals surface area contributed by atoms with Crippen LogP contribution in [-0.4, -0.2) is 57.8 Å². The van der Waals surface area contributed by atoms with Crippen LogP contribution in [0.3, 0.4) is 0 Å². The molecule has 2 saturated heterocycles. The molecule has 3 rings (SSSR count). The highest BCUT2D eigenvalue weighted by Crippen LogP contribution is 2.38. The lowest BCUT2D eigenvalue weighted by Crippen LogP contribution is -2.51. The van der Waals surface area contributed by atoms with Crippen molar-refractivity contribution in [3.63, 3.8) is 0 Å². The molecule has 6 nitrogen and oxygen atoms in total. The van der Waals surface area contributed by atoms with E-state index in [1.807, 2.05) is 11.8 Å². The van der Waals surface area contributed by atoms with Gasteiger partial charge in [0.15, 0.2) is 0 Å². The minimum Gasteiger partial charge on any atom is -0.396 e. The van der Waals surface area contributed by atoms with Crippen LogP contribution < -0.4 is 0 Å². The average Bonchev–Trinajstić information content (AvgIpc) is 2.56. The van der Waals surface area contributed by atoms with Gasteiger partial charge in [-0.2, -0.15) is 0 Å². The van der Waals surface area contributed by atoms with Crippen LogP contribution in [0.1, 0.15) is 48.3 Å². The van der Waals surface area contributed by atoms with Gasteiger partial charge in [-0.1, -0.05) is 0 Å². The van der Waals surface area contributed by atoms with Gasteiger partial charge in [0.2, 0.25) is 0 Å². The second-order valence-corrected chi connectivity index (χ2v) is 6.74. The first-order chi connectivity index (χ1) is 11.1. The van der Waals surface area contributed by atoms with Crippen molar-refractivity contribution in [2.75, 3.05) is 26.3 Å². The van der Waals surface area contributed by atoms with Crippen LogP contribution in [0.5, 0.6) is 0 Å². The van der Waals surface area contributed by atoms with E-state index in [0.717, 1.165) is 44.4 Å². The second kappa shape index (κ2) is 6.93. The van der Waals surface area contributed by atoms with Crippen molar-refractivity contribution in [3.05, 3.63) is 23.8 Å². The van der Waals surface area contributed by atoms with Gasteiger partial charge in [-0.15, -0.1) is 0 Å². The number of carbonyl (C=O) groups excluding carboxylic acids is 1. The highest BCUT2D eigenvalue weighted by Gasteiger charge is 2.41. The quantitative estimate of drug-likeness (QED) is 0.915. The molecule has 0 radical (unpaired) electrons. The molecule has 0 aliphatic carbocycles. The van der Waals surface area contributed by atoms with Crippen molar-refractivity contribution in [2.24, 2.45) is 5.92 Å². The van der Waals surface area contributed by atoms with Crippen LogP contribution in [0.15, 0.2) is 12.4 Å². The average molecular weight is 319 g/mol. The van der Waals surface area contributed by atoms with Gasteiger partial charge >= 0.3 is 0 Å². The fourth-order valence-corrected chi connectivity index (χ4v) is 3.69. The third kappa shape index (κ3) is 3.70. The molecular formula is C17H25N3O3. The maximum atomic E-state index is 12.5. The summed E-state index contributed by atoms with van der Waals surface area (Å²) in [6, 6.07) is 0. The largest absolute Gasteiger partial charge is 0.396 e. The summed E-state index contributed by atoms with van der Waals surface area (Å²) < 4.78 is 6.08. The summed E-state index contributed by atoms with van der Waals surface area (Å²) in [5, 5.41) is 9.16. The molecule has 1 atom stereocenters. The Bertz CT molecular complexity index is 537. The Morgan fingerprint density at radius 1 is 1.39 bits per heavy atom. The molecule has 1 aromatic rings. The van der Waals surface area contributed by atoms with Gasteiger partial charge in [0.1, 0.15) is 5.69 Å². The number of ether oxygens (including phenoxy) is 1. The Balaban J connectivity index is 1.59. The van der Waals surface area contributed by atoms with Crippen LogP contribution in [-0.2, 0) is 4.74 Å². The highest BCUT2D eigenvalue weighted by molar-refractivity contribution is 5.92. The molecule has 2 aliphatic rings. The fraction of sp³-hybridized carbons (Fsp3) is 0.706. The van der Waals surface area contributed by atoms with Crippen LogP contribution >= 0.6 is 0 Å². The second-order valence-electron chi connectivity index (χ2n) is 6.74. The van der Waals surface area contributed by atoms with E-state index in [9.17, 15) is 4.79 Å². The van der Waals surface area contributed by atoms with Crippen molar-refractivity contribution in [1.29, 1.82) is 0 Å². The van der Waals surface area contributed by atoms with Gasteiger partial charge < -0.3 is 14.7 Å². The molecule has 1 aromatic heterocycles. The van der Waals surface area contributed by atoms with Crippen LogP contribution in [0.4, 0.5) is 0 Å². The van der Waals surface area contributed by atoms with Gasteiger partial charge in [-0.05, 0) is 44.9 Å². The Hall–Kier alpha value is -1.53. The standard InChI is InChI=1S/C17H25N3O3/c1-13-11-19-15(12-18-13)16(22)20-6-4-17(5-7-20)10-14(2-8-21)3-9-23-17/h11-12,14,21H,2-10H2,1H3. The predicted octanol–water partition coefficient (Wildman–Crippen LogP) is 1.57. The predicted molar refractivity (Wildman–Crippen MR) is 85.0 cm³/mol. The molecule has 126 valence electrons. The summed E-state index contributed by atoms with van der Waals surface area (Å²) >= 11 is 0. The van der Waals surface area contributed by atoms with Crippen molar-refractivity contribution in [3.8, 4) is 0 Å². The molecule has 2 fully saturated rings. The van der Waals surface area contributed by atoms with Crippen molar-refractivity contribution in [1.82, 2.24) is 14.9 Å². The summed E-state index contributed by atoms with van der Waals surface area (Å²) in [5.41, 5.74) is 1.12. The smallest absolute Gasteiger partial charge is 0.274 e. The number of aliphatic hydroxyl groups excluding tert-OH is 1. The van der Waals surface area contributed by atoms with Crippen molar-refractivity contribution in [2.45, 2.75) is 44.6 Å². The number of piperidine rings is 1. The van der Waals surface area contributed by atoms with E-state index in [1.54, 1.807) is 12.4 Å². The first-order valence-corrected chi connectivity index (χ1v) is 8.45. The number of rotatable bonds is 3. The maximum absolute atomic E-state index is 12.5. The normalized spacial score (nSPS) is 23.9. The molecule has 0 saturated carbocycles. The number of hydrogen-bond acceptors (Lipinski definition) is 5. The number of hydrogen-bond donors (Lipinski definition) is 1. The third-order valence-corrected chi connectivity index (χ3v) is 5.09. The first-order valence-electron chi connectivity index (χ1n) is 8.45. The van der Waals surface area contributed by atoms with E-state index < -0.39 is 0 Å². The number of amides is 1. The number of likely N-dealkylation sites (tertiary alicyclic amines) is 1.